The number of aliphatic imine (C=N–C) groups is 1. The Morgan fingerprint density at radius 2 is 2.04 bits per heavy atom. The highest BCUT2D eigenvalue weighted by molar-refractivity contribution is 6.40. The van der Waals surface area contributed by atoms with Gasteiger partial charge in [0.25, 0.3) is 5.91 Å². The first kappa shape index (κ1) is 15.5. The molecule has 4 N–H and O–H groups in total. The SMILES string of the molecule is NC(=O)C1=Nc2nc(Nc3ccc(N4CCNCC4)cn3)ncc2C1. The number of amides is 1. The molecule has 1 saturated heterocycles. The maximum absolute atomic E-state index is 11.2. The van der Waals surface area contributed by atoms with Gasteiger partial charge in [-0.2, -0.15) is 4.98 Å². The highest BCUT2D eigenvalue weighted by Gasteiger charge is 2.20. The van der Waals surface area contributed by atoms with Crippen LogP contribution in [0.1, 0.15) is 5.56 Å². The fourth-order valence-electron chi connectivity index (χ4n) is 2.85. The van der Waals surface area contributed by atoms with Crippen molar-refractivity contribution in [3.63, 3.8) is 0 Å². The van der Waals surface area contributed by atoms with Crippen molar-refractivity contribution < 1.29 is 4.79 Å². The van der Waals surface area contributed by atoms with Gasteiger partial charge in [0.1, 0.15) is 11.5 Å². The third-order valence-electron chi connectivity index (χ3n) is 4.19. The molecule has 0 aliphatic carbocycles. The number of hydrogen-bond donors (Lipinski definition) is 3. The number of pyridine rings is 1. The molecule has 0 spiro atoms. The maximum Gasteiger partial charge on any atom is 0.263 e. The zero-order valence-corrected chi connectivity index (χ0v) is 13.6. The predicted octanol–water partition coefficient (Wildman–Crippen LogP) is 0.139. The van der Waals surface area contributed by atoms with Crippen LogP contribution < -0.4 is 21.3 Å². The third-order valence-corrected chi connectivity index (χ3v) is 4.19. The molecule has 9 heteroatoms. The molecule has 0 unspecified atom stereocenters. The number of primary amides is 1. The second-order valence-electron chi connectivity index (χ2n) is 5.91. The van der Waals surface area contributed by atoms with Crippen molar-refractivity contribution >= 4 is 34.9 Å². The van der Waals surface area contributed by atoms with Crippen LogP contribution in [0.5, 0.6) is 0 Å². The number of hydrogen-bond acceptors (Lipinski definition) is 8. The molecule has 2 aromatic rings. The minimum absolute atomic E-state index is 0.306. The van der Waals surface area contributed by atoms with Gasteiger partial charge in [-0.3, -0.25) is 4.79 Å². The fraction of sp³-hybridized carbons (Fsp3) is 0.312. The summed E-state index contributed by atoms with van der Waals surface area (Å²) in [6.07, 6.45) is 3.87. The van der Waals surface area contributed by atoms with E-state index in [0.29, 0.717) is 29.7 Å². The summed E-state index contributed by atoms with van der Waals surface area (Å²) in [6.45, 7) is 3.92. The summed E-state index contributed by atoms with van der Waals surface area (Å²) in [5.41, 5.74) is 7.46. The van der Waals surface area contributed by atoms with Gasteiger partial charge >= 0.3 is 0 Å². The van der Waals surface area contributed by atoms with Crippen molar-refractivity contribution in [3.05, 3.63) is 30.1 Å². The molecule has 25 heavy (non-hydrogen) atoms. The number of nitrogens with zero attached hydrogens (tertiary/aromatic N) is 5. The smallest absolute Gasteiger partial charge is 0.263 e. The Balaban J connectivity index is 1.47. The van der Waals surface area contributed by atoms with Gasteiger partial charge in [0.15, 0.2) is 5.82 Å². The molecule has 4 heterocycles. The summed E-state index contributed by atoms with van der Waals surface area (Å²) in [5, 5.41) is 6.39. The zero-order valence-electron chi connectivity index (χ0n) is 13.6. The average Bonchev–Trinajstić information content (AvgIpc) is 3.07. The summed E-state index contributed by atoms with van der Waals surface area (Å²) >= 11 is 0. The number of piperazine rings is 1. The number of nitrogens with one attached hydrogen (secondary N) is 2. The van der Waals surface area contributed by atoms with Crippen LogP contribution in [0.25, 0.3) is 0 Å². The van der Waals surface area contributed by atoms with E-state index in [4.69, 9.17) is 5.73 Å². The van der Waals surface area contributed by atoms with Gasteiger partial charge < -0.3 is 21.3 Å². The first-order valence-corrected chi connectivity index (χ1v) is 8.11. The normalized spacial score (nSPS) is 16.3. The van der Waals surface area contributed by atoms with E-state index in [9.17, 15) is 4.79 Å². The van der Waals surface area contributed by atoms with Gasteiger partial charge in [-0.25, -0.2) is 15.0 Å². The van der Waals surface area contributed by atoms with E-state index in [0.717, 1.165) is 37.4 Å². The number of anilines is 3. The molecule has 0 atom stereocenters. The van der Waals surface area contributed by atoms with Gasteiger partial charge in [0.05, 0.1) is 11.9 Å². The van der Waals surface area contributed by atoms with E-state index in [1.54, 1.807) is 6.20 Å². The Labute approximate surface area is 144 Å². The first-order valence-electron chi connectivity index (χ1n) is 8.11. The molecule has 2 aliphatic heterocycles. The second-order valence-corrected chi connectivity index (χ2v) is 5.91. The lowest BCUT2D eigenvalue weighted by Gasteiger charge is -2.29. The van der Waals surface area contributed by atoms with Crippen LogP contribution in [0.2, 0.25) is 0 Å². The van der Waals surface area contributed by atoms with E-state index in [2.05, 4.69) is 35.5 Å². The molecule has 0 bridgehead atoms. The maximum atomic E-state index is 11.2. The molecule has 128 valence electrons. The number of carbonyl (C=O) groups excluding carboxylic acids is 1. The summed E-state index contributed by atoms with van der Waals surface area (Å²) in [7, 11) is 0. The molecular formula is C16H18N8O. The quantitative estimate of drug-likeness (QED) is 0.725. The predicted molar refractivity (Wildman–Crippen MR) is 94.6 cm³/mol. The Bertz CT molecular complexity index is 827. The van der Waals surface area contributed by atoms with Crippen molar-refractivity contribution in [1.82, 2.24) is 20.3 Å². The number of fused-ring (bicyclic) bond motifs is 1. The fourth-order valence-corrected chi connectivity index (χ4v) is 2.85. The Morgan fingerprint density at radius 3 is 2.76 bits per heavy atom. The topological polar surface area (TPSA) is 121 Å². The molecular weight excluding hydrogens is 320 g/mol. The number of carbonyl (C=O) groups is 1. The molecule has 4 rings (SSSR count). The van der Waals surface area contributed by atoms with Crippen molar-refractivity contribution in [3.8, 4) is 0 Å². The molecule has 2 aliphatic rings. The Hall–Kier alpha value is -3.07. The molecule has 0 saturated carbocycles. The molecule has 0 radical (unpaired) electrons. The van der Waals surface area contributed by atoms with Crippen LogP contribution in [-0.2, 0) is 11.2 Å². The number of rotatable bonds is 4. The van der Waals surface area contributed by atoms with Gasteiger partial charge in [0, 0.05) is 44.4 Å². The van der Waals surface area contributed by atoms with Crippen LogP contribution in [0.4, 0.5) is 23.3 Å². The summed E-state index contributed by atoms with van der Waals surface area (Å²) in [4.78, 5) is 30.6. The Kier molecular flexibility index (Phi) is 3.98. The van der Waals surface area contributed by atoms with E-state index in [1.165, 1.54) is 0 Å². The lowest BCUT2D eigenvalue weighted by atomic mass is 10.2. The highest BCUT2D eigenvalue weighted by Crippen LogP contribution is 2.25. The largest absolute Gasteiger partial charge is 0.368 e. The van der Waals surface area contributed by atoms with E-state index in [-0.39, 0.29) is 0 Å². The van der Waals surface area contributed by atoms with Crippen LogP contribution in [-0.4, -0.2) is 52.7 Å². The van der Waals surface area contributed by atoms with Gasteiger partial charge in [-0.15, -0.1) is 0 Å². The molecule has 1 amide bonds. The van der Waals surface area contributed by atoms with Crippen LogP contribution in [0.15, 0.2) is 29.5 Å². The molecule has 9 nitrogen and oxygen atoms in total. The zero-order chi connectivity index (χ0) is 17.2. The standard InChI is InChI=1S/C16H18N8O/c17-14(25)12-7-10-8-20-16(23-15(10)21-12)22-13-2-1-11(9-19-13)24-5-3-18-4-6-24/h1-2,8-9,18H,3-7H2,(H2,17,25)(H,19,20,22,23). The molecule has 1 fully saturated rings. The third kappa shape index (κ3) is 3.26. The summed E-state index contributed by atoms with van der Waals surface area (Å²) in [5.74, 6) is 0.980. The summed E-state index contributed by atoms with van der Waals surface area (Å²) < 4.78 is 0. The monoisotopic (exact) mass is 338 g/mol. The van der Waals surface area contributed by atoms with Gasteiger partial charge in [0.2, 0.25) is 5.95 Å². The summed E-state index contributed by atoms with van der Waals surface area (Å²) in [6, 6.07) is 3.92. The van der Waals surface area contributed by atoms with E-state index in [1.807, 2.05) is 18.3 Å². The van der Waals surface area contributed by atoms with E-state index < -0.39 is 5.91 Å². The number of aromatic nitrogens is 3. The van der Waals surface area contributed by atoms with Crippen LogP contribution in [0, 0.1) is 0 Å². The molecule has 2 aromatic heterocycles. The van der Waals surface area contributed by atoms with Crippen molar-refractivity contribution in [2.24, 2.45) is 10.7 Å². The number of nitrogens with two attached hydrogens (primary N) is 1. The first-order chi connectivity index (χ1) is 12.2. The molecule has 0 aromatic carbocycles. The second kappa shape index (κ2) is 6.44. The van der Waals surface area contributed by atoms with Gasteiger partial charge in [-0.1, -0.05) is 0 Å². The van der Waals surface area contributed by atoms with Crippen LogP contribution >= 0.6 is 0 Å². The lowest BCUT2D eigenvalue weighted by Crippen LogP contribution is -2.43. The van der Waals surface area contributed by atoms with Crippen molar-refractivity contribution in [1.29, 1.82) is 0 Å². The Morgan fingerprint density at radius 1 is 1.20 bits per heavy atom. The lowest BCUT2D eigenvalue weighted by molar-refractivity contribution is -0.112. The minimum atomic E-state index is -0.530. The van der Waals surface area contributed by atoms with Crippen molar-refractivity contribution in [2.45, 2.75) is 6.42 Å². The highest BCUT2D eigenvalue weighted by atomic mass is 16.1. The van der Waals surface area contributed by atoms with E-state index >= 15 is 0 Å². The minimum Gasteiger partial charge on any atom is -0.368 e. The van der Waals surface area contributed by atoms with Gasteiger partial charge in [-0.05, 0) is 12.1 Å². The van der Waals surface area contributed by atoms with Crippen LogP contribution in [0.3, 0.4) is 0 Å². The average molecular weight is 338 g/mol. The van der Waals surface area contributed by atoms with Crippen molar-refractivity contribution in [2.75, 3.05) is 36.4 Å².